The number of anilines is 1. The van der Waals surface area contributed by atoms with Crippen LogP contribution in [0, 0.1) is 12.7 Å². The Bertz CT molecular complexity index is 443. The summed E-state index contributed by atoms with van der Waals surface area (Å²) in [5, 5.41) is 0. The van der Waals surface area contributed by atoms with E-state index in [1.807, 2.05) is 18.2 Å². The summed E-state index contributed by atoms with van der Waals surface area (Å²) < 4.78 is 12.9. The van der Waals surface area contributed by atoms with Gasteiger partial charge in [0.1, 0.15) is 5.82 Å². The molecule has 84 valence electrons. The zero-order chi connectivity index (χ0) is 12.0. The van der Waals surface area contributed by atoms with Gasteiger partial charge in [0.05, 0.1) is 0 Å². The summed E-state index contributed by atoms with van der Waals surface area (Å²) >= 11 is 3.08. The minimum atomic E-state index is -0.281. The molecular weight excluding hydrogens is 269 g/mol. The van der Waals surface area contributed by atoms with Crippen molar-refractivity contribution in [1.29, 1.82) is 0 Å². The van der Waals surface area contributed by atoms with Crippen LogP contribution in [-0.4, -0.2) is 0 Å². The predicted octanol–water partition coefficient (Wildman–Crippen LogP) is 4.17. The van der Waals surface area contributed by atoms with E-state index in [1.54, 1.807) is 0 Å². The van der Waals surface area contributed by atoms with Crippen LogP contribution in [0.15, 0.2) is 53.0 Å². The predicted molar refractivity (Wildman–Crippen MR) is 69.7 cm³/mol. The van der Waals surface area contributed by atoms with Gasteiger partial charge < -0.3 is 5.73 Å². The van der Waals surface area contributed by atoms with Gasteiger partial charge in [-0.05, 0) is 41.1 Å². The lowest BCUT2D eigenvalue weighted by molar-refractivity contribution is 0.627. The van der Waals surface area contributed by atoms with Crippen LogP contribution in [-0.2, 0) is 0 Å². The fourth-order valence-electron chi connectivity index (χ4n) is 1.04. The van der Waals surface area contributed by atoms with Crippen LogP contribution in [0.3, 0.4) is 0 Å². The molecule has 0 aliphatic heterocycles. The normalized spacial score (nSPS) is 9.19. The molecule has 2 aromatic rings. The molecule has 0 bridgehead atoms. The lowest BCUT2D eigenvalue weighted by atomic mass is 10.2. The van der Waals surface area contributed by atoms with E-state index in [4.69, 9.17) is 5.73 Å². The van der Waals surface area contributed by atoms with Crippen molar-refractivity contribution in [2.24, 2.45) is 0 Å². The molecule has 0 spiro atoms. The summed E-state index contributed by atoms with van der Waals surface area (Å²) in [5.74, 6) is -0.281. The standard InChI is InChI=1S/C7H8.C6H5BrFN/c1-7-5-3-2-4-6-7;7-5-3-4(8)1-2-6(5)9/h2-6H,1H3;1-3H,9H2. The number of nitrogen functional groups attached to an aromatic ring is 1. The molecule has 0 unspecified atom stereocenters. The summed E-state index contributed by atoms with van der Waals surface area (Å²) in [6.07, 6.45) is 0. The fraction of sp³-hybridized carbons (Fsp3) is 0.0769. The molecule has 0 atom stereocenters. The summed E-state index contributed by atoms with van der Waals surface area (Å²) in [5.41, 5.74) is 7.25. The second-order valence-corrected chi connectivity index (χ2v) is 4.17. The zero-order valence-corrected chi connectivity index (χ0v) is 10.5. The average molecular weight is 282 g/mol. The van der Waals surface area contributed by atoms with E-state index in [-0.39, 0.29) is 5.82 Å². The van der Waals surface area contributed by atoms with Gasteiger partial charge in [-0.15, -0.1) is 0 Å². The Hall–Kier alpha value is -1.35. The number of hydrogen-bond acceptors (Lipinski definition) is 1. The number of nitrogens with two attached hydrogens (primary N) is 1. The highest BCUT2D eigenvalue weighted by Crippen LogP contribution is 2.18. The summed E-state index contributed by atoms with van der Waals surface area (Å²) in [7, 11) is 0. The molecule has 0 heterocycles. The Balaban J connectivity index is 0.000000165. The summed E-state index contributed by atoms with van der Waals surface area (Å²) in [4.78, 5) is 0. The maximum Gasteiger partial charge on any atom is 0.124 e. The topological polar surface area (TPSA) is 26.0 Å². The highest BCUT2D eigenvalue weighted by atomic mass is 79.9. The smallest absolute Gasteiger partial charge is 0.124 e. The van der Waals surface area contributed by atoms with Gasteiger partial charge in [0, 0.05) is 10.2 Å². The van der Waals surface area contributed by atoms with E-state index in [1.165, 1.54) is 23.8 Å². The van der Waals surface area contributed by atoms with E-state index < -0.39 is 0 Å². The number of halogens is 2. The molecular formula is C13H13BrFN. The number of aryl methyl sites for hydroxylation is 1. The van der Waals surface area contributed by atoms with Crippen molar-refractivity contribution in [3.05, 3.63) is 64.4 Å². The minimum absolute atomic E-state index is 0.281. The average Bonchev–Trinajstić information content (AvgIpc) is 2.26. The third-order valence-electron chi connectivity index (χ3n) is 1.90. The van der Waals surface area contributed by atoms with Crippen LogP contribution in [0.25, 0.3) is 0 Å². The first-order chi connectivity index (χ1) is 7.59. The van der Waals surface area contributed by atoms with Gasteiger partial charge in [-0.3, -0.25) is 0 Å². The first-order valence-electron chi connectivity index (χ1n) is 4.82. The molecule has 0 amide bonds. The lowest BCUT2D eigenvalue weighted by Crippen LogP contribution is -1.85. The van der Waals surface area contributed by atoms with Crippen molar-refractivity contribution >= 4 is 21.6 Å². The Morgan fingerprint density at radius 1 is 1.06 bits per heavy atom. The van der Waals surface area contributed by atoms with Gasteiger partial charge >= 0.3 is 0 Å². The molecule has 2 aromatic carbocycles. The fourth-order valence-corrected chi connectivity index (χ4v) is 1.39. The largest absolute Gasteiger partial charge is 0.398 e. The Morgan fingerprint density at radius 3 is 2.06 bits per heavy atom. The van der Waals surface area contributed by atoms with E-state index >= 15 is 0 Å². The molecule has 0 radical (unpaired) electrons. The van der Waals surface area contributed by atoms with Crippen LogP contribution in [0.5, 0.6) is 0 Å². The van der Waals surface area contributed by atoms with E-state index in [0.717, 1.165) is 0 Å². The molecule has 2 rings (SSSR count). The van der Waals surface area contributed by atoms with Crippen LogP contribution >= 0.6 is 15.9 Å². The highest BCUT2D eigenvalue weighted by Gasteiger charge is 1.94. The van der Waals surface area contributed by atoms with E-state index in [0.29, 0.717) is 10.2 Å². The third-order valence-corrected chi connectivity index (χ3v) is 2.59. The van der Waals surface area contributed by atoms with Gasteiger partial charge in [-0.25, -0.2) is 4.39 Å². The van der Waals surface area contributed by atoms with E-state index in [2.05, 4.69) is 35.0 Å². The van der Waals surface area contributed by atoms with E-state index in [9.17, 15) is 4.39 Å². The second kappa shape index (κ2) is 6.28. The third kappa shape index (κ3) is 4.45. The summed E-state index contributed by atoms with van der Waals surface area (Å²) in [6, 6.07) is 14.4. The molecule has 0 aliphatic carbocycles. The Morgan fingerprint density at radius 2 is 1.69 bits per heavy atom. The zero-order valence-electron chi connectivity index (χ0n) is 8.95. The van der Waals surface area contributed by atoms with Crippen LogP contribution < -0.4 is 5.73 Å². The number of rotatable bonds is 0. The SMILES string of the molecule is Cc1ccccc1.Nc1ccc(F)cc1Br. The Labute approximate surface area is 103 Å². The molecule has 0 fully saturated rings. The molecule has 3 heteroatoms. The van der Waals surface area contributed by atoms with Crippen LogP contribution in [0.1, 0.15) is 5.56 Å². The lowest BCUT2D eigenvalue weighted by Gasteiger charge is -1.94. The van der Waals surface area contributed by atoms with Crippen molar-refractivity contribution in [3.8, 4) is 0 Å². The van der Waals surface area contributed by atoms with Crippen molar-refractivity contribution < 1.29 is 4.39 Å². The van der Waals surface area contributed by atoms with Gasteiger partial charge in [0.25, 0.3) is 0 Å². The molecule has 1 nitrogen and oxygen atoms in total. The number of benzene rings is 2. The maximum absolute atomic E-state index is 12.3. The number of hydrogen-bond donors (Lipinski definition) is 1. The molecule has 0 aromatic heterocycles. The van der Waals surface area contributed by atoms with Crippen molar-refractivity contribution in [1.82, 2.24) is 0 Å². The minimum Gasteiger partial charge on any atom is -0.398 e. The van der Waals surface area contributed by atoms with Gasteiger partial charge in [0.15, 0.2) is 0 Å². The molecule has 2 N–H and O–H groups in total. The molecule has 16 heavy (non-hydrogen) atoms. The molecule has 0 saturated heterocycles. The summed E-state index contributed by atoms with van der Waals surface area (Å²) in [6.45, 7) is 2.08. The van der Waals surface area contributed by atoms with Crippen molar-refractivity contribution in [2.75, 3.05) is 5.73 Å². The maximum atomic E-state index is 12.3. The molecule has 0 saturated carbocycles. The monoisotopic (exact) mass is 281 g/mol. The second-order valence-electron chi connectivity index (χ2n) is 3.32. The van der Waals surface area contributed by atoms with Gasteiger partial charge in [0.2, 0.25) is 0 Å². The van der Waals surface area contributed by atoms with Crippen molar-refractivity contribution in [3.63, 3.8) is 0 Å². The quantitative estimate of drug-likeness (QED) is 0.721. The Kier molecular flexibility index (Phi) is 4.99. The molecule has 0 aliphatic rings. The van der Waals surface area contributed by atoms with Crippen molar-refractivity contribution in [2.45, 2.75) is 6.92 Å². The first-order valence-corrected chi connectivity index (χ1v) is 5.61. The van der Waals surface area contributed by atoms with Gasteiger partial charge in [-0.1, -0.05) is 35.9 Å². The van der Waals surface area contributed by atoms with Crippen LogP contribution in [0.2, 0.25) is 0 Å². The van der Waals surface area contributed by atoms with Gasteiger partial charge in [-0.2, -0.15) is 0 Å². The highest BCUT2D eigenvalue weighted by molar-refractivity contribution is 9.10. The van der Waals surface area contributed by atoms with Crippen LogP contribution in [0.4, 0.5) is 10.1 Å². The first kappa shape index (κ1) is 12.7.